The van der Waals surface area contributed by atoms with E-state index in [4.69, 9.17) is 4.74 Å². The van der Waals surface area contributed by atoms with Gasteiger partial charge in [0.2, 0.25) is 0 Å². The highest BCUT2D eigenvalue weighted by atomic mass is 16.5. The first kappa shape index (κ1) is 10.0. The first-order chi connectivity index (χ1) is 6.49. The van der Waals surface area contributed by atoms with E-state index in [0.29, 0.717) is 12.0 Å². The highest BCUT2D eigenvalue weighted by Gasteiger charge is 2.47. The molecule has 0 spiro atoms. The lowest BCUT2D eigenvalue weighted by Gasteiger charge is -2.41. The number of hydrogen-bond donors (Lipinski definition) is 1. The highest BCUT2D eigenvalue weighted by Crippen LogP contribution is 2.36. The summed E-state index contributed by atoms with van der Waals surface area (Å²) in [5.74, 6) is 2.52. The molecule has 1 aliphatic carbocycles. The second-order valence-corrected chi connectivity index (χ2v) is 5.58. The molecule has 2 aliphatic rings. The minimum Gasteiger partial charge on any atom is -0.444 e. The minimum atomic E-state index is 0.215. The van der Waals surface area contributed by atoms with Gasteiger partial charge in [-0.3, -0.25) is 0 Å². The van der Waals surface area contributed by atoms with Crippen LogP contribution in [0, 0.1) is 11.8 Å². The fraction of sp³-hybridized carbons (Fsp3) is 0.917. The van der Waals surface area contributed by atoms with E-state index < -0.39 is 0 Å². The molecule has 80 valence electrons. The van der Waals surface area contributed by atoms with E-state index in [1.54, 1.807) is 0 Å². The molecule has 0 bridgehead atoms. The van der Waals surface area contributed by atoms with Crippen molar-refractivity contribution in [3.05, 3.63) is 0 Å². The maximum absolute atomic E-state index is 5.90. The summed E-state index contributed by atoms with van der Waals surface area (Å²) in [4.78, 5) is 3.46. The summed E-state index contributed by atoms with van der Waals surface area (Å²) < 4.78 is 5.90. The average molecular weight is 196 g/mol. The first-order valence-electron chi connectivity index (χ1n) is 5.77. The molecule has 2 heteroatoms. The molecule has 1 aliphatic heterocycles. The molecule has 3 atom stereocenters. The number of nitrogens with one attached hydrogen (secondary N) is 1. The molecule has 2 rings (SSSR count). The van der Waals surface area contributed by atoms with E-state index in [0.717, 1.165) is 11.8 Å². The summed E-state index contributed by atoms with van der Waals surface area (Å²) in [6.07, 6.45) is 4.34. The summed E-state index contributed by atoms with van der Waals surface area (Å²) in [6.45, 7) is 8.97. The molecule has 0 radical (unpaired) electrons. The van der Waals surface area contributed by atoms with Gasteiger partial charge in [-0.25, -0.2) is 4.99 Å². The molecule has 0 saturated heterocycles. The number of fused-ring (bicyclic) bond motifs is 1. The monoisotopic (exact) mass is 196 g/mol. The van der Waals surface area contributed by atoms with Gasteiger partial charge in [0.1, 0.15) is 6.10 Å². The van der Waals surface area contributed by atoms with Crippen molar-refractivity contribution < 1.29 is 9.73 Å². The molecule has 0 aromatic rings. The van der Waals surface area contributed by atoms with E-state index in [-0.39, 0.29) is 5.54 Å². The van der Waals surface area contributed by atoms with Gasteiger partial charge in [-0.1, -0.05) is 6.92 Å². The Bertz CT molecular complexity index is 257. The Labute approximate surface area is 86.8 Å². The Balaban J connectivity index is 2.21. The van der Waals surface area contributed by atoms with Gasteiger partial charge in [-0.2, -0.15) is 0 Å². The summed E-state index contributed by atoms with van der Waals surface area (Å²) in [6, 6.07) is 0. The Hall–Kier alpha value is -0.530. The predicted octanol–water partition coefficient (Wildman–Crippen LogP) is 1.10. The van der Waals surface area contributed by atoms with Crippen molar-refractivity contribution >= 4 is 5.90 Å². The Kier molecular flexibility index (Phi) is 2.32. The SMILES string of the molecule is CC1=[NH+]C(C)(C)[C@@H]2CC[C@@H](C)C[C@H]2O1. The third kappa shape index (κ3) is 1.67. The van der Waals surface area contributed by atoms with Crippen molar-refractivity contribution in [3.8, 4) is 0 Å². The standard InChI is InChI=1S/C12H21NO/c1-8-5-6-10-11(7-8)14-9(2)13-12(10,3)4/h8,10-11H,5-7H2,1-4H3/p+1/t8-,10-,11-/m1/s1. The fourth-order valence-corrected chi connectivity index (χ4v) is 3.09. The maximum atomic E-state index is 5.90. The molecular weight excluding hydrogens is 174 g/mol. The highest BCUT2D eigenvalue weighted by molar-refractivity contribution is 5.67. The summed E-state index contributed by atoms with van der Waals surface area (Å²) in [5, 5.41) is 0. The summed E-state index contributed by atoms with van der Waals surface area (Å²) >= 11 is 0. The van der Waals surface area contributed by atoms with Crippen LogP contribution in [0.1, 0.15) is 47.0 Å². The largest absolute Gasteiger partial charge is 0.444 e. The molecule has 14 heavy (non-hydrogen) atoms. The van der Waals surface area contributed by atoms with E-state index in [1.807, 2.05) is 6.92 Å². The van der Waals surface area contributed by atoms with E-state index in [2.05, 4.69) is 25.8 Å². The maximum Gasteiger partial charge on any atom is 0.332 e. The van der Waals surface area contributed by atoms with Crippen LogP contribution >= 0.6 is 0 Å². The van der Waals surface area contributed by atoms with Gasteiger partial charge in [-0.05, 0) is 25.2 Å². The van der Waals surface area contributed by atoms with Crippen molar-refractivity contribution in [2.75, 3.05) is 0 Å². The number of rotatable bonds is 0. The van der Waals surface area contributed by atoms with Gasteiger partial charge in [0, 0.05) is 13.8 Å². The van der Waals surface area contributed by atoms with Crippen LogP contribution in [-0.4, -0.2) is 17.5 Å². The molecular formula is C12H22NO+. The summed E-state index contributed by atoms with van der Waals surface area (Å²) in [7, 11) is 0. The van der Waals surface area contributed by atoms with Gasteiger partial charge >= 0.3 is 5.90 Å². The van der Waals surface area contributed by atoms with Crippen LogP contribution in [0.3, 0.4) is 0 Å². The third-order valence-electron chi connectivity index (χ3n) is 3.81. The van der Waals surface area contributed by atoms with Crippen molar-refractivity contribution in [2.45, 2.75) is 58.6 Å². The Morgan fingerprint density at radius 1 is 1.36 bits per heavy atom. The van der Waals surface area contributed by atoms with Crippen molar-refractivity contribution in [3.63, 3.8) is 0 Å². The zero-order valence-corrected chi connectivity index (χ0v) is 9.76. The van der Waals surface area contributed by atoms with E-state index in [9.17, 15) is 0 Å². The molecule has 1 N–H and O–H groups in total. The van der Waals surface area contributed by atoms with Crippen LogP contribution < -0.4 is 4.99 Å². The first-order valence-corrected chi connectivity index (χ1v) is 5.77. The zero-order chi connectivity index (χ0) is 10.3. The number of hydrogen-bond acceptors (Lipinski definition) is 1. The quantitative estimate of drug-likeness (QED) is 0.616. The third-order valence-corrected chi connectivity index (χ3v) is 3.81. The molecule has 0 aromatic carbocycles. The fourth-order valence-electron chi connectivity index (χ4n) is 3.09. The van der Waals surface area contributed by atoms with Crippen molar-refractivity contribution in [1.29, 1.82) is 0 Å². The molecule has 0 aromatic heterocycles. The second kappa shape index (κ2) is 3.25. The van der Waals surface area contributed by atoms with Crippen LogP contribution in [0.15, 0.2) is 0 Å². The zero-order valence-electron chi connectivity index (χ0n) is 9.76. The molecule has 1 saturated carbocycles. The molecule has 0 unspecified atom stereocenters. The lowest BCUT2D eigenvalue weighted by Crippen LogP contribution is -2.91. The van der Waals surface area contributed by atoms with Crippen LogP contribution in [0.25, 0.3) is 0 Å². The summed E-state index contributed by atoms with van der Waals surface area (Å²) in [5.41, 5.74) is 0.215. The lowest BCUT2D eigenvalue weighted by molar-refractivity contribution is -0.581. The van der Waals surface area contributed by atoms with Gasteiger partial charge in [-0.15, -0.1) is 0 Å². The lowest BCUT2D eigenvalue weighted by atomic mass is 9.71. The minimum absolute atomic E-state index is 0.215. The molecule has 1 fully saturated rings. The Morgan fingerprint density at radius 2 is 2.07 bits per heavy atom. The van der Waals surface area contributed by atoms with Gasteiger partial charge in [0.05, 0.1) is 12.8 Å². The smallest absolute Gasteiger partial charge is 0.332 e. The van der Waals surface area contributed by atoms with E-state index in [1.165, 1.54) is 19.3 Å². The average Bonchev–Trinajstić information content (AvgIpc) is 2.00. The van der Waals surface area contributed by atoms with Crippen LogP contribution in [0.5, 0.6) is 0 Å². The van der Waals surface area contributed by atoms with Crippen LogP contribution in [0.4, 0.5) is 0 Å². The van der Waals surface area contributed by atoms with Gasteiger partial charge in [0.15, 0.2) is 5.54 Å². The predicted molar refractivity (Wildman–Crippen MR) is 57.1 cm³/mol. The van der Waals surface area contributed by atoms with Crippen LogP contribution in [-0.2, 0) is 4.74 Å². The van der Waals surface area contributed by atoms with Crippen LogP contribution in [0.2, 0.25) is 0 Å². The topological polar surface area (TPSA) is 23.2 Å². The van der Waals surface area contributed by atoms with Gasteiger partial charge < -0.3 is 4.74 Å². The van der Waals surface area contributed by atoms with Crippen molar-refractivity contribution in [2.24, 2.45) is 11.8 Å². The second-order valence-electron chi connectivity index (χ2n) is 5.58. The number of ether oxygens (including phenoxy) is 1. The Morgan fingerprint density at radius 3 is 2.79 bits per heavy atom. The normalized spacial score (nSPS) is 40.9. The van der Waals surface area contributed by atoms with E-state index >= 15 is 0 Å². The molecule has 1 heterocycles. The van der Waals surface area contributed by atoms with Gasteiger partial charge in [0.25, 0.3) is 0 Å². The van der Waals surface area contributed by atoms with Crippen molar-refractivity contribution in [1.82, 2.24) is 0 Å². The molecule has 0 amide bonds. The molecule has 2 nitrogen and oxygen atoms in total.